The van der Waals surface area contributed by atoms with Gasteiger partial charge >= 0.3 is 0 Å². The summed E-state index contributed by atoms with van der Waals surface area (Å²) in [6.45, 7) is 1.08. The molecule has 0 unspecified atom stereocenters. The summed E-state index contributed by atoms with van der Waals surface area (Å²) in [5, 5.41) is 7.42. The van der Waals surface area contributed by atoms with Gasteiger partial charge in [-0.3, -0.25) is 4.79 Å². The van der Waals surface area contributed by atoms with Crippen LogP contribution in [0.5, 0.6) is 0 Å². The second kappa shape index (κ2) is 0.875. The lowest BCUT2D eigenvalue weighted by Crippen LogP contribution is -1.78. The van der Waals surface area contributed by atoms with E-state index in [0.717, 1.165) is 6.92 Å². The first-order chi connectivity index (χ1) is 1.73. The topological polar surface area (TPSA) is 37.3 Å². The molecule has 0 aromatic rings. The number of carboxylic acid groups (broad SMARTS) is 1. The monoisotopic (exact) mass is 61.0 g/mol. The summed E-state index contributed by atoms with van der Waals surface area (Å²) in [7, 11) is 0. The van der Waals surface area contributed by atoms with Crippen molar-refractivity contribution in [3.63, 3.8) is 0 Å². The molecule has 4 heavy (non-hydrogen) atoms. The molecule has 0 saturated heterocycles. The highest BCUT2D eigenvalue weighted by Crippen LogP contribution is 1.42. The fraction of sp³-hybridized carbons (Fsp3) is 0.500. The smallest absolute Gasteiger partial charge is 0.300 e. The van der Waals surface area contributed by atoms with Gasteiger partial charge in [0.1, 0.15) is 0 Å². The van der Waals surface area contributed by atoms with Crippen molar-refractivity contribution >= 4 is 5.97 Å². The van der Waals surface area contributed by atoms with Gasteiger partial charge in [-0.05, 0) is 0 Å². The molecule has 0 aliphatic rings. The van der Waals surface area contributed by atoms with E-state index in [1.165, 1.54) is 0 Å². The Hall–Kier alpha value is -0.530. The minimum Gasteiger partial charge on any atom is -0.481 e. The number of carbonyl (C=O) groups is 1. The van der Waals surface area contributed by atoms with Gasteiger partial charge in [-0.2, -0.15) is 0 Å². The van der Waals surface area contributed by atoms with E-state index in [-0.39, 0.29) is 0 Å². The molecule has 1 N–H and O–H groups in total. The predicted octanol–water partition coefficient (Wildman–Crippen LogP) is 0.0909. The van der Waals surface area contributed by atoms with Crippen LogP contribution in [0.1, 0.15) is 6.92 Å². The fourth-order valence-corrected chi connectivity index (χ4v) is 0. The lowest BCUT2D eigenvalue weighted by Gasteiger charge is -1.59. The molecule has 0 bridgehead atoms. The van der Waals surface area contributed by atoms with Gasteiger partial charge in [-0.25, -0.2) is 0 Å². The summed E-state index contributed by atoms with van der Waals surface area (Å²) in [4.78, 5) is 9.00. The van der Waals surface area contributed by atoms with E-state index in [1.54, 1.807) is 0 Å². The molecule has 0 amide bonds. The number of hydrogen-bond donors (Lipinski definition) is 1. The van der Waals surface area contributed by atoms with Crippen molar-refractivity contribution in [2.45, 2.75) is 6.92 Å². The summed E-state index contributed by atoms with van der Waals surface area (Å²) in [5.41, 5.74) is 0. The lowest BCUT2D eigenvalue weighted by molar-refractivity contribution is -0.134. The minimum absolute atomic E-state index is 0.833. The molecular formula is C2H4O2. The third-order valence-corrected chi connectivity index (χ3v) is 0. The summed E-state index contributed by atoms with van der Waals surface area (Å²) >= 11 is 0. The molecule has 0 aliphatic heterocycles. The molecule has 0 aromatic carbocycles. The highest BCUT2D eigenvalue weighted by atomic mass is 16.5. The van der Waals surface area contributed by atoms with Gasteiger partial charge in [0.05, 0.1) is 0 Å². The first-order valence-electron chi connectivity index (χ1n) is 0.928. The molecule has 0 rings (SSSR count). The molecule has 24 valence electrons. The standard InChI is InChI=1S/C2H4O2/c1-2(3)4/h1H3,(H,3,4)/i2+1. The zero-order chi connectivity index (χ0) is 3.58. The average Bonchev–Trinajstić information content (AvgIpc) is 0.811. The Kier molecular flexibility index (Phi) is 0.759. The molecule has 0 atom stereocenters. The Morgan fingerprint density at radius 3 is 2.00 bits per heavy atom. The molecule has 0 aromatic heterocycles. The van der Waals surface area contributed by atoms with Crippen LogP contribution in [0.15, 0.2) is 0 Å². The number of aliphatic carboxylic acids is 1. The zero-order valence-electron chi connectivity index (χ0n) is 2.36. The summed E-state index contributed by atoms with van der Waals surface area (Å²) in [5.74, 6) is -0.833. The zero-order valence-corrected chi connectivity index (χ0v) is 2.36. The Labute approximate surface area is 24.1 Å². The number of hydrogen-bond acceptors (Lipinski definition) is 1. The van der Waals surface area contributed by atoms with Crippen molar-refractivity contribution in [3.8, 4) is 0 Å². The highest BCUT2D eigenvalue weighted by molar-refractivity contribution is 5.62. The van der Waals surface area contributed by atoms with Gasteiger partial charge in [0, 0.05) is 6.92 Å². The maximum absolute atomic E-state index is 9.00. The molecule has 2 nitrogen and oxygen atoms in total. The summed E-state index contributed by atoms with van der Waals surface area (Å²) in [6.07, 6.45) is 0. The summed E-state index contributed by atoms with van der Waals surface area (Å²) in [6, 6.07) is 0. The second-order valence-electron chi connectivity index (χ2n) is 0.519. The maximum Gasteiger partial charge on any atom is 0.300 e. The lowest BCUT2D eigenvalue weighted by atomic mass is 11.3. The van der Waals surface area contributed by atoms with E-state index in [9.17, 15) is 0 Å². The van der Waals surface area contributed by atoms with Gasteiger partial charge in [-0.1, -0.05) is 0 Å². The summed E-state index contributed by atoms with van der Waals surface area (Å²) < 4.78 is 0. The van der Waals surface area contributed by atoms with Crippen molar-refractivity contribution in [1.29, 1.82) is 0 Å². The van der Waals surface area contributed by atoms with Crippen molar-refractivity contribution in [1.82, 2.24) is 0 Å². The van der Waals surface area contributed by atoms with Crippen LogP contribution in [0.4, 0.5) is 0 Å². The van der Waals surface area contributed by atoms with E-state index in [0.29, 0.717) is 0 Å². The Morgan fingerprint density at radius 1 is 2.00 bits per heavy atom. The Bertz CT molecular complexity index is 27.0. The van der Waals surface area contributed by atoms with Crippen molar-refractivity contribution in [3.05, 3.63) is 0 Å². The first kappa shape index (κ1) is 3.47. The number of carboxylic acids is 1. The molecule has 0 saturated carbocycles. The van der Waals surface area contributed by atoms with Gasteiger partial charge in [-0.15, -0.1) is 0 Å². The Balaban J connectivity index is 2.80. The van der Waals surface area contributed by atoms with Crippen LogP contribution in [-0.2, 0) is 4.79 Å². The molecule has 0 aliphatic carbocycles. The quantitative estimate of drug-likeness (QED) is 0.403. The molecule has 0 spiro atoms. The molecule has 0 heterocycles. The van der Waals surface area contributed by atoms with E-state index < -0.39 is 5.97 Å². The van der Waals surface area contributed by atoms with Crippen LogP contribution in [0, 0.1) is 0 Å². The minimum atomic E-state index is -0.833. The van der Waals surface area contributed by atoms with E-state index in [2.05, 4.69) is 0 Å². The predicted molar refractivity (Wildman–Crippen MR) is 13.3 cm³/mol. The van der Waals surface area contributed by atoms with E-state index in [4.69, 9.17) is 9.90 Å². The van der Waals surface area contributed by atoms with Gasteiger partial charge in [0.15, 0.2) is 0 Å². The van der Waals surface area contributed by atoms with Gasteiger partial charge in [0.25, 0.3) is 5.97 Å². The first-order valence-corrected chi connectivity index (χ1v) is 0.928. The average molecular weight is 61.0 g/mol. The molecule has 0 fully saturated rings. The largest absolute Gasteiger partial charge is 0.481 e. The third kappa shape index (κ3) is 1.16. The SMILES string of the molecule is C[13C](=O)O. The van der Waals surface area contributed by atoms with Crippen molar-refractivity contribution in [2.75, 3.05) is 0 Å². The van der Waals surface area contributed by atoms with Crippen LogP contribution in [0.25, 0.3) is 0 Å². The van der Waals surface area contributed by atoms with E-state index in [1.807, 2.05) is 0 Å². The van der Waals surface area contributed by atoms with Crippen LogP contribution in [-0.4, -0.2) is 11.1 Å². The van der Waals surface area contributed by atoms with Gasteiger partial charge in [0.2, 0.25) is 0 Å². The van der Waals surface area contributed by atoms with Crippen LogP contribution in [0.2, 0.25) is 0 Å². The van der Waals surface area contributed by atoms with E-state index >= 15 is 0 Å². The van der Waals surface area contributed by atoms with Crippen molar-refractivity contribution in [2.24, 2.45) is 0 Å². The number of rotatable bonds is 0. The molecule has 2 heteroatoms. The molecule has 0 radical (unpaired) electrons. The van der Waals surface area contributed by atoms with Crippen LogP contribution < -0.4 is 0 Å². The molecular weight excluding hydrogens is 57.0 g/mol. The third-order valence-electron chi connectivity index (χ3n) is 0. The maximum atomic E-state index is 9.00. The Morgan fingerprint density at radius 2 is 2.00 bits per heavy atom. The normalized spacial score (nSPS) is 6.25. The fourth-order valence-electron chi connectivity index (χ4n) is 0. The van der Waals surface area contributed by atoms with Gasteiger partial charge < -0.3 is 5.11 Å². The highest BCUT2D eigenvalue weighted by Gasteiger charge is 1.65. The van der Waals surface area contributed by atoms with Crippen LogP contribution in [0.3, 0.4) is 0 Å². The second-order valence-corrected chi connectivity index (χ2v) is 0.519. The van der Waals surface area contributed by atoms with Crippen molar-refractivity contribution < 1.29 is 9.90 Å². The van der Waals surface area contributed by atoms with Crippen LogP contribution >= 0.6 is 0 Å².